The van der Waals surface area contributed by atoms with Crippen molar-refractivity contribution < 1.29 is 4.79 Å². The molecule has 128 valence electrons. The molecule has 3 nitrogen and oxygen atoms in total. The molecular formula is C19H23ClN2OS. The van der Waals surface area contributed by atoms with Crippen molar-refractivity contribution >= 4 is 30.1 Å². The Morgan fingerprint density at radius 1 is 1.08 bits per heavy atom. The van der Waals surface area contributed by atoms with Gasteiger partial charge in [0.2, 0.25) is 5.91 Å². The van der Waals surface area contributed by atoms with Crippen molar-refractivity contribution in [3.8, 4) is 11.1 Å². The fraction of sp³-hybridized carbons (Fsp3) is 0.316. The summed E-state index contributed by atoms with van der Waals surface area (Å²) in [6, 6.07) is 16.2. The lowest BCUT2D eigenvalue weighted by Gasteiger charge is -2.24. The van der Waals surface area contributed by atoms with E-state index in [1.54, 1.807) is 11.8 Å². The number of nitrogens with zero attached hydrogens (tertiary/aromatic N) is 1. The summed E-state index contributed by atoms with van der Waals surface area (Å²) in [7, 11) is 0. The Kier molecular flexibility index (Phi) is 6.72. The summed E-state index contributed by atoms with van der Waals surface area (Å²) in [6.07, 6.45) is 2.76. The molecule has 1 amide bonds. The zero-order valence-corrected chi connectivity index (χ0v) is 15.4. The second-order valence-electron chi connectivity index (χ2n) is 5.90. The molecule has 0 bridgehead atoms. The first kappa shape index (κ1) is 18.8. The predicted molar refractivity (Wildman–Crippen MR) is 104 cm³/mol. The number of halogens is 1. The molecule has 2 aromatic carbocycles. The number of hydrogen-bond donors (Lipinski definition) is 1. The SMILES string of the molecule is CSCC[C@H](N)C(=O)N1Cc2ccccc2-c2ccccc2C1.Cl. The summed E-state index contributed by atoms with van der Waals surface area (Å²) in [5, 5.41) is 0. The fourth-order valence-corrected chi connectivity index (χ4v) is 3.56. The largest absolute Gasteiger partial charge is 0.333 e. The average molecular weight is 363 g/mol. The smallest absolute Gasteiger partial charge is 0.240 e. The molecule has 2 aromatic rings. The minimum absolute atomic E-state index is 0. The van der Waals surface area contributed by atoms with Gasteiger partial charge in [-0.05, 0) is 40.7 Å². The molecule has 0 saturated heterocycles. The molecule has 0 unspecified atom stereocenters. The van der Waals surface area contributed by atoms with E-state index in [4.69, 9.17) is 5.73 Å². The zero-order valence-electron chi connectivity index (χ0n) is 13.8. The topological polar surface area (TPSA) is 46.3 Å². The van der Waals surface area contributed by atoms with Crippen molar-refractivity contribution in [2.45, 2.75) is 25.6 Å². The summed E-state index contributed by atoms with van der Waals surface area (Å²) >= 11 is 1.72. The van der Waals surface area contributed by atoms with Gasteiger partial charge < -0.3 is 10.6 Å². The van der Waals surface area contributed by atoms with E-state index in [2.05, 4.69) is 36.4 Å². The van der Waals surface area contributed by atoms with Gasteiger partial charge in [-0.2, -0.15) is 11.8 Å². The van der Waals surface area contributed by atoms with Crippen molar-refractivity contribution in [2.24, 2.45) is 5.73 Å². The van der Waals surface area contributed by atoms with Crippen LogP contribution in [0.2, 0.25) is 0 Å². The Morgan fingerprint density at radius 2 is 1.58 bits per heavy atom. The van der Waals surface area contributed by atoms with Crippen molar-refractivity contribution in [3.63, 3.8) is 0 Å². The predicted octanol–water partition coefficient (Wildman–Crippen LogP) is 3.70. The second kappa shape index (κ2) is 8.56. The third-order valence-electron chi connectivity index (χ3n) is 4.31. The molecule has 2 N–H and O–H groups in total. The molecule has 5 heteroatoms. The molecule has 24 heavy (non-hydrogen) atoms. The molecule has 1 aliphatic rings. The molecule has 0 aromatic heterocycles. The minimum atomic E-state index is -0.417. The number of nitrogens with two attached hydrogens (primary N) is 1. The second-order valence-corrected chi connectivity index (χ2v) is 6.88. The summed E-state index contributed by atoms with van der Waals surface area (Å²) < 4.78 is 0. The molecule has 0 spiro atoms. The quantitative estimate of drug-likeness (QED) is 0.902. The number of hydrogen-bond acceptors (Lipinski definition) is 3. The summed E-state index contributed by atoms with van der Waals surface area (Å²) in [6.45, 7) is 1.24. The van der Waals surface area contributed by atoms with Crippen LogP contribution in [-0.4, -0.2) is 28.9 Å². The third-order valence-corrected chi connectivity index (χ3v) is 4.95. The van der Waals surface area contributed by atoms with Crippen LogP contribution in [0.4, 0.5) is 0 Å². The number of benzene rings is 2. The lowest BCUT2D eigenvalue weighted by atomic mass is 9.97. The van der Waals surface area contributed by atoms with Crippen molar-refractivity contribution in [1.82, 2.24) is 4.90 Å². The molecule has 0 saturated carbocycles. The van der Waals surface area contributed by atoms with Crippen LogP contribution in [0.25, 0.3) is 11.1 Å². The van der Waals surface area contributed by atoms with Crippen LogP contribution in [0.1, 0.15) is 17.5 Å². The van der Waals surface area contributed by atoms with Crippen LogP contribution in [-0.2, 0) is 17.9 Å². The maximum Gasteiger partial charge on any atom is 0.240 e. The third kappa shape index (κ3) is 3.94. The monoisotopic (exact) mass is 362 g/mol. The van der Waals surface area contributed by atoms with Gasteiger partial charge >= 0.3 is 0 Å². The van der Waals surface area contributed by atoms with Crippen molar-refractivity contribution in [2.75, 3.05) is 12.0 Å². The Labute approximate surface area is 154 Å². The van der Waals surface area contributed by atoms with Crippen LogP contribution < -0.4 is 5.73 Å². The maximum absolute atomic E-state index is 12.8. The number of carbonyl (C=O) groups is 1. The lowest BCUT2D eigenvalue weighted by molar-refractivity contribution is -0.133. The Hall–Kier alpha value is -1.49. The molecule has 1 aliphatic heterocycles. The van der Waals surface area contributed by atoms with E-state index >= 15 is 0 Å². The number of rotatable bonds is 4. The van der Waals surface area contributed by atoms with E-state index in [1.807, 2.05) is 23.3 Å². The lowest BCUT2D eigenvalue weighted by Crippen LogP contribution is -2.43. The zero-order chi connectivity index (χ0) is 16.2. The van der Waals surface area contributed by atoms with Crippen LogP contribution in [0.3, 0.4) is 0 Å². The van der Waals surface area contributed by atoms with Gasteiger partial charge in [0, 0.05) is 13.1 Å². The first-order chi connectivity index (χ1) is 11.2. The van der Waals surface area contributed by atoms with Gasteiger partial charge in [-0.25, -0.2) is 0 Å². The number of carbonyl (C=O) groups excluding carboxylic acids is 1. The van der Waals surface area contributed by atoms with E-state index in [0.717, 1.165) is 12.2 Å². The van der Waals surface area contributed by atoms with Crippen LogP contribution in [0, 0.1) is 0 Å². The normalized spacial score (nSPS) is 14.0. The first-order valence-electron chi connectivity index (χ1n) is 7.90. The van der Waals surface area contributed by atoms with E-state index in [9.17, 15) is 4.79 Å². The summed E-state index contributed by atoms with van der Waals surface area (Å²) in [5.41, 5.74) is 10.9. The van der Waals surface area contributed by atoms with E-state index < -0.39 is 6.04 Å². The van der Waals surface area contributed by atoms with Gasteiger partial charge in [0.15, 0.2) is 0 Å². The average Bonchev–Trinajstić information content (AvgIpc) is 2.75. The molecule has 0 aliphatic carbocycles. The number of fused-ring (bicyclic) bond motifs is 3. The van der Waals surface area contributed by atoms with E-state index in [-0.39, 0.29) is 18.3 Å². The van der Waals surface area contributed by atoms with Gasteiger partial charge in [-0.15, -0.1) is 12.4 Å². The molecule has 1 atom stereocenters. The van der Waals surface area contributed by atoms with E-state index in [0.29, 0.717) is 13.1 Å². The summed E-state index contributed by atoms with van der Waals surface area (Å²) in [4.78, 5) is 14.7. The van der Waals surface area contributed by atoms with Gasteiger partial charge in [0.25, 0.3) is 0 Å². The summed E-state index contributed by atoms with van der Waals surface area (Å²) in [5.74, 6) is 0.957. The highest BCUT2D eigenvalue weighted by atomic mass is 35.5. The van der Waals surface area contributed by atoms with Crippen LogP contribution in [0.5, 0.6) is 0 Å². The van der Waals surface area contributed by atoms with Crippen molar-refractivity contribution in [3.05, 3.63) is 59.7 Å². The van der Waals surface area contributed by atoms with Gasteiger partial charge in [-0.3, -0.25) is 4.79 Å². The molecule has 1 heterocycles. The Balaban J connectivity index is 0.00000208. The standard InChI is InChI=1S/C19H22N2OS.ClH/c1-23-11-10-18(20)19(22)21-12-14-6-2-4-8-16(14)17-9-5-3-7-15(17)13-21;/h2-9,18H,10-13,20H2,1H3;1H/t18-;/m0./s1. The maximum atomic E-state index is 12.8. The number of thioether (sulfide) groups is 1. The van der Waals surface area contributed by atoms with Gasteiger partial charge in [0.1, 0.15) is 0 Å². The Morgan fingerprint density at radius 3 is 2.08 bits per heavy atom. The highest BCUT2D eigenvalue weighted by molar-refractivity contribution is 7.98. The number of amides is 1. The van der Waals surface area contributed by atoms with E-state index in [1.165, 1.54) is 22.3 Å². The molecular weight excluding hydrogens is 340 g/mol. The fourth-order valence-electron chi connectivity index (χ4n) is 3.07. The Bertz CT molecular complexity index is 660. The molecule has 0 fully saturated rings. The molecule has 0 radical (unpaired) electrons. The van der Waals surface area contributed by atoms with Crippen LogP contribution >= 0.6 is 24.2 Å². The highest BCUT2D eigenvalue weighted by Crippen LogP contribution is 2.32. The van der Waals surface area contributed by atoms with Gasteiger partial charge in [-0.1, -0.05) is 48.5 Å². The highest BCUT2D eigenvalue weighted by Gasteiger charge is 2.25. The molecule has 3 rings (SSSR count). The van der Waals surface area contributed by atoms with Crippen molar-refractivity contribution in [1.29, 1.82) is 0 Å². The first-order valence-corrected chi connectivity index (χ1v) is 9.29. The van der Waals surface area contributed by atoms with Gasteiger partial charge in [0.05, 0.1) is 6.04 Å². The minimum Gasteiger partial charge on any atom is -0.333 e. The van der Waals surface area contributed by atoms with Crippen LogP contribution in [0.15, 0.2) is 48.5 Å².